The molecule has 2 nitrogen and oxygen atoms in total. The molecule has 2 heteroatoms. The van der Waals surface area contributed by atoms with Gasteiger partial charge in [-0.3, -0.25) is 0 Å². The van der Waals surface area contributed by atoms with E-state index in [9.17, 15) is 0 Å². The monoisotopic (exact) mass is 299 g/mol. The number of hydrogen-bond donors (Lipinski definition) is 1. The summed E-state index contributed by atoms with van der Waals surface area (Å²) in [6, 6.07) is 18.8. The van der Waals surface area contributed by atoms with Crippen LogP contribution in [0.2, 0.25) is 0 Å². The summed E-state index contributed by atoms with van der Waals surface area (Å²) in [5.74, 6) is 0.970. The van der Waals surface area contributed by atoms with Crippen LogP contribution in [-0.4, -0.2) is 13.2 Å². The van der Waals surface area contributed by atoms with E-state index >= 15 is 0 Å². The first-order valence-corrected chi connectivity index (χ1v) is 8.25. The van der Waals surface area contributed by atoms with Crippen LogP contribution in [0.3, 0.4) is 0 Å². The third-order valence-corrected chi connectivity index (χ3v) is 3.29. The molecular weight excluding hydrogens is 270 g/mol. The third-order valence-electron chi connectivity index (χ3n) is 3.29. The molecule has 0 spiro atoms. The quantitative estimate of drug-likeness (QED) is 0.810. The molecule has 0 bridgehead atoms. The van der Waals surface area contributed by atoms with Crippen LogP contribution < -0.4 is 10.5 Å². The van der Waals surface area contributed by atoms with E-state index in [2.05, 4.69) is 43.3 Å². The standard InChI is InChI=1S/C11H16O.C9H13N/c1-3-5-10-6-8-11(9-7-10)12-4-2;10-8-4-7-9-5-2-1-3-6-9/h6-9H,3-5H2,1-2H3;1-3,5-6H,4,7-8,10H2. The first-order valence-electron chi connectivity index (χ1n) is 8.25. The fourth-order valence-electron chi connectivity index (χ4n) is 2.16. The maximum absolute atomic E-state index is 5.38. The van der Waals surface area contributed by atoms with Gasteiger partial charge in [0.05, 0.1) is 6.61 Å². The van der Waals surface area contributed by atoms with E-state index < -0.39 is 0 Å². The summed E-state index contributed by atoms with van der Waals surface area (Å²) >= 11 is 0. The number of hydrogen-bond acceptors (Lipinski definition) is 2. The summed E-state index contributed by atoms with van der Waals surface area (Å²) in [6.07, 6.45) is 4.56. The van der Waals surface area contributed by atoms with E-state index in [1.165, 1.54) is 17.5 Å². The van der Waals surface area contributed by atoms with Gasteiger partial charge in [0.15, 0.2) is 0 Å². The van der Waals surface area contributed by atoms with Crippen molar-refractivity contribution in [2.75, 3.05) is 13.2 Å². The van der Waals surface area contributed by atoms with E-state index in [-0.39, 0.29) is 0 Å². The first-order chi connectivity index (χ1) is 10.8. The van der Waals surface area contributed by atoms with Gasteiger partial charge in [0.25, 0.3) is 0 Å². The molecule has 0 unspecified atom stereocenters. The molecule has 120 valence electrons. The van der Waals surface area contributed by atoms with Crippen LogP contribution in [0.5, 0.6) is 5.75 Å². The highest BCUT2D eigenvalue weighted by molar-refractivity contribution is 5.27. The molecule has 2 aromatic carbocycles. The molecule has 0 aliphatic rings. The number of nitrogens with two attached hydrogens (primary N) is 1. The maximum Gasteiger partial charge on any atom is 0.119 e. The predicted molar refractivity (Wildman–Crippen MR) is 95.4 cm³/mol. The Kier molecular flexibility index (Phi) is 9.80. The van der Waals surface area contributed by atoms with Crippen LogP contribution >= 0.6 is 0 Å². The Morgan fingerprint density at radius 1 is 0.818 bits per heavy atom. The van der Waals surface area contributed by atoms with Crippen LogP contribution in [0, 0.1) is 0 Å². The fraction of sp³-hybridized carbons (Fsp3) is 0.400. The van der Waals surface area contributed by atoms with Gasteiger partial charge in [0, 0.05) is 0 Å². The molecule has 0 heterocycles. The van der Waals surface area contributed by atoms with E-state index in [4.69, 9.17) is 10.5 Å². The largest absolute Gasteiger partial charge is 0.494 e. The zero-order valence-electron chi connectivity index (χ0n) is 13.9. The van der Waals surface area contributed by atoms with Crippen molar-refractivity contribution in [2.45, 2.75) is 39.5 Å². The fourth-order valence-corrected chi connectivity index (χ4v) is 2.16. The molecule has 0 saturated heterocycles. The topological polar surface area (TPSA) is 35.2 Å². The lowest BCUT2D eigenvalue weighted by atomic mass is 10.1. The Labute approximate surface area is 135 Å². The molecule has 0 aromatic heterocycles. The van der Waals surface area contributed by atoms with Crippen molar-refractivity contribution in [3.63, 3.8) is 0 Å². The highest BCUT2D eigenvalue weighted by Gasteiger charge is 1.92. The van der Waals surface area contributed by atoms with Gasteiger partial charge in [0.1, 0.15) is 5.75 Å². The van der Waals surface area contributed by atoms with Gasteiger partial charge in [-0.25, -0.2) is 0 Å². The molecule has 0 amide bonds. The second-order valence-electron chi connectivity index (χ2n) is 5.20. The molecule has 0 radical (unpaired) electrons. The molecule has 0 atom stereocenters. The van der Waals surface area contributed by atoms with E-state index in [0.717, 1.165) is 38.2 Å². The van der Waals surface area contributed by atoms with Gasteiger partial charge >= 0.3 is 0 Å². The van der Waals surface area contributed by atoms with Gasteiger partial charge in [-0.15, -0.1) is 0 Å². The SMILES string of the molecule is CCCc1ccc(OCC)cc1.NCCCc1ccccc1. The van der Waals surface area contributed by atoms with Crippen LogP contribution in [0.25, 0.3) is 0 Å². The first kappa shape index (κ1) is 18.2. The Balaban J connectivity index is 0.000000224. The zero-order chi connectivity index (χ0) is 16.0. The Bertz CT molecular complexity index is 454. The Hall–Kier alpha value is -1.80. The highest BCUT2D eigenvalue weighted by Crippen LogP contribution is 2.12. The van der Waals surface area contributed by atoms with Gasteiger partial charge in [-0.05, 0) is 56.0 Å². The Morgan fingerprint density at radius 3 is 2.00 bits per heavy atom. The minimum Gasteiger partial charge on any atom is -0.494 e. The summed E-state index contributed by atoms with van der Waals surface area (Å²) in [6.45, 7) is 5.72. The van der Waals surface area contributed by atoms with Crippen molar-refractivity contribution in [2.24, 2.45) is 5.73 Å². The number of ether oxygens (including phenoxy) is 1. The number of aryl methyl sites for hydroxylation is 2. The van der Waals surface area contributed by atoms with Gasteiger partial charge in [-0.2, -0.15) is 0 Å². The third kappa shape index (κ3) is 7.84. The summed E-state index contributed by atoms with van der Waals surface area (Å²) in [7, 11) is 0. The average Bonchev–Trinajstić information content (AvgIpc) is 2.57. The van der Waals surface area contributed by atoms with Gasteiger partial charge in [-0.1, -0.05) is 55.8 Å². The number of benzene rings is 2. The van der Waals surface area contributed by atoms with Crippen LogP contribution in [0.1, 0.15) is 37.8 Å². The minimum absolute atomic E-state index is 0.743. The van der Waals surface area contributed by atoms with E-state index in [1.54, 1.807) is 0 Å². The van der Waals surface area contributed by atoms with Crippen molar-refractivity contribution < 1.29 is 4.74 Å². The van der Waals surface area contributed by atoms with Crippen molar-refractivity contribution in [1.82, 2.24) is 0 Å². The van der Waals surface area contributed by atoms with Crippen molar-refractivity contribution >= 4 is 0 Å². The number of rotatable bonds is 7. The second kappa shape index (κ2) is 11.8. The minimum atomic E-state index is 0.743. The summed E-state index contributed by atoms with van der Waals surface area (Å²) in [4.78, 5) is 0. The van der Waals surface area contributed by atoms with Crippen LogP contribution in [0.15, 0.2) is 54.6 Å². The zero-order valence-corrected chi connectivity index (χ0v) is 13.9. The summed E-state index contributed by atoms with van der Waals surface area (Å²) in [5, 5.41) is 0. The molecule has 0 aliphatic heterocycles. The average molecular weight is 299 g/mol. The Morgan fingerprint density at radius 2 is 1.45 bits per heavy atom. The van der Waals surface area contributed by atoms with Gasteiger partial charge in [0.2, 0.25) is 0 Å². The summed E-state index contributed by atoms with van der Waals surface area (Å²) in [5.41, 5.74) is 8.15. The lowest BCUT2D eigenvalue weighted by Crippen LogP contribution is -1.99. The van der Waals surface area contributed by atoms with Crippen LogP contribution in [-0.2, 0) is 12.8 Å². The van der Waals surface area contributed by atoms with Crippen LogP contribution in [0.4, 0.5) is 0 Å². The lowest BCUT2D eigenvalue weighted by molar-refractivity contribution is 0.340. The molecule has 0 fully saturated rings. The van der Waals surface area contributed by atoms with E-state index in [0.29, 0.717) is 0 Å². The molecular formula is C20H29NO. The van der Waals surface area contributed by atoms with Crippen molar-refractivity contribution in [3.8, 4) is 5.75 Å². The predicted octanol–water partition coefficient (Wildman–Crippen LogP) is 4.62. The highest BCUT2D eigenvalue weighted by atomic mass is 16.5. The normalized spacial score (nSPS) is 9.77. The van der Waals surface area contributed by atoms with Crippen molar-refractivity contribution in [3.05, 3.63) is 65.7 Å². The summed E-state index contributed by atoms with van der Waals surface area (Å²) < 4.78 is 5.34. The molecule has 22 heavy (non-hydrogen) atoms. The molecule has 2 aromatic rings. The molecule has 2 N–H and O–H groups in total. The smallest absolute Gasteiger partial charge is 0.119 e. The maximum atomic E-state index is 5.38. The van der Waals surface area contributed by atoms with Crippen molar-refractivity contribution in [1.29, 1.82) is 0 Å². The lowest BCUT2D eigenvalue weighted by Gasteiger charge is -2.03. The van der Waals surface area contributed by atoms with Gasteiger partial charge < -0.3 is 10.5 Å². The molecule has 0 saturated carbocycles. The molecule has 2 rings (SSSR count). The second-order valence-corrected chi connectivity index (χ2v) is 5.20. The molecule has 0 aliphatic carbocycles. The van der Waals surface area contributed by atoms with E-state index in [1.807, 2.05) is 25.1 Å².